The molecule has 13 heavy (non-hydrogen) atoms. The van der Waals surface area contributed by atoms with Crippen LogP contribution in [0.25, 0.3) is 0 Å². The Hall–Kier alpha value is -0.910. The van der Waals surface area contributed by atoms with Crippen molar-refractivity contribution in [3.8, 4) is 0 Å². The summed E-state index contributed by atoms with van der Waals surface area (Å²) >= 11 is 0. The predicted octanol–water partition coefficient (Wildman–Crippen LogP) is 1.26. The van der Waals surface area contributed by atoms with Gasteiger partial charge in [-0.2, -0.15) is 8.42 Å². The Labute approximate surface area is 76.6 Å². The SMILES string of the molecule is CC(C)n1cncc1CS(=O)(=O)F. The van der Waals surface area contributed by atoms with Crippen molar-refractivity contribution >= 4 is 10.2 Å². The third-order valence-electron chi connectivity index (χ3n) is 1.62. The Morgan fingerprint density at radius 2 is 2.23 bits per heavy atom. The highest BCUT2D eigenvalue weighted by Crippen LogP contribution is 2.12. The van der Waals surface area contributed by atoms with Crippen LogP contribution in [0.4, 0.5) is 3.89 Å². The maximum Gasteiger partial charge on any atom is 0.308 e. The average molecular weight is 206 g/mol. The summed E-state index contributed by atoms with van der Waals surface area (Å²) in [6.07, 6.45) is 2.85. The molecule has 1 rings (SSSR count). The first kappa shape index (κ1) is 10.2. The maximum atomic E-state index is 12.3. The number of nitrogens with zero attached hydrogens (tertiary/aromatic N) is 2. The van der Waals surface area contributed by atoms with E-state index in [1.807, 2.05) is 13.8 Å². The molecule has 0 saturated heterocycles. The summed E-state index contributed by atoms with van der Waals surface area (Å²) in [5, 5.41) is 0. The molecule has 74 valence electrons. The van der Waals surface area contributed by atoms with Crippen LogP contribution < -0.4 is 0 Å². The fourth-order valence-electron chi connectivity index (χ4n) is 1.09. The summed E-state index contributed by atoms with van der Waals surface area (Å²) in [5.74, 6) is -0.606. The van der Waals surface area contributed by atoms with Crippen molar-refractivity contribution in [3.63, 3.8) is 0 Å². The van der Waals surface area contributed by atoms with Gasteiger partial charge in [0.25, 0.3) is 0 Å². The Balaban J connectivity index is 2.96. The van der Waals surface area contributed by atoms with E-state index in [4.69, 9.17) is 0 Å². The van der Waals surface area contributed by atoms with Gasteiger partial charge >= 0.3 is 10.2 Å². The molecule has 0 fully saturated rings. The molecule has 0 amide bonds. The number of halogens is 1. The summed E-state index contributed by atoms with van der Waals surface area (Å²) in [4.78, 5) is 3.76. The van der Waals surface area contributed by atoms with Gasteiger partial charge in [0, 0.05) is 12.2 Å². The lowest BCUT2D eigenvalue weighted by molar-refractivity contribution is 0.541. The molecule has 0 aliphatic heterocycles. The maximum absolute atomic E-state index is 12.3. The molecule has 0 radical (unpaired) electrons. The zero-order valence-corrected chi connectivity index (χ0v) is 8.25. The second kappa shape index (κ2) is 3.45. The first-order valence-corrected chi connectivity index (χ1v) is 5.38. The van der Waals surface area contributed by atoms with Gasteiger partial charge < -0.3 is 4.57 Å². The highest BCUT2D eigenvalue weighted by atomic mass is 32.3. The van der Waals surface area contributed by atoms with Crippen molar-refractivity contribution in [2.45, 2.75) is 25.6 Å². The molecule has 0 bridgehead atoms. The Morgan fingerprint density at radius 3 is 2.69 bits per heavy atom. The van der Waals surface area contributed by atoms with Gasteiger partial charge in [-0.1, -0.05) is 0 Å². The average Bonchev–Trinajstić information content (AvgIpc) is 2.31. The molecule has 4 nitrogen and oxygen atoms in total. The molecule has 0 aliphatic rings. The lowest BCUT2D eigenvalue weighted by Crippen LogP contribution is -2.07. The summed E-state index contributed by atoms with van der Waals surface area (Å²) in [5.41, 5.74) is 0.373. The van der Waals surface area contributed by atoms with Gasteiger partial charge in [0.15, 0.2) is 0 Å². The smallest absolute Gasteiger partial charge is 0.308 e. The third kappa shape index (κ3) is 2.80. The van der Waals surface area contributed by atoms with Gasteiger partial charge in [-0.25, -0.2) is 4.98 Å². The van der Waals surface area contributed by atoms with Crippen LogP contribution in [0.3, 0.4) is 0 Å². The lowest BCUT2D eigenvalue weighted by Gasteiger charge is -2.09. The van der Waals surface area contributed by atoms with Crippen molar-refractivity contribution in [1.82, 2.24) is 9.55 Å². The van der Waals surface area contributed by atoms with Crippen LogP contribution >= 0.6 is 0 Å². The molecule has 0 N–H and O–H groups in total. The normalized spacial score (nSPS) is 12.3. The predicted molar refractivity (Wildman–Crippen MR) is 46.3 cm³/mol. The Morgan fingerprint density at radius 1 is 1.62 bits per heavy atom. The standard InChI is InChI=1S/C7H11FN2O2S/c1-6(2)10-5-9-3-7(10)4-13(8,11)12/h3,5-6H,4H2,1-2H3. The summed E-state index contributed by atoms with van der Waals surface area (Å²) in [7, 11) is -4.46. The van der Waals surface area contributed by atoms with E-state index in [0.29, 0.717) is 5.69 Å². The van der Waals surface area contributed by atoms with Crippen LogP contribution in [0.1, 0.15) is 25.6 Å². The second-order valence-electron chi connectivity index (χ2n) is 3.07. The molecule has 0 spiro atoms. The highest BCUT2D eigenvalue weighted by Gasteiger charge is 2.13. The van der Waals surface area contributed by atoms with Gasteiger partial charge in [0.05, 0.1) is 12.0 Å². The molecule has 1 aromatic heterocycles. The van der Waals surface area contributed by atoms with Gasteiger partial charge in [-0.15, -0.1) is 3.89 Å². The number of hydrogen-bond donors (Lipinski definition) is 0. The van der Waals surface area contributed by atoms with Gasteiger partial charge in [0.1, 0.15) is 5.75 Å². The van der Waals surface area contributed by atoms with Gasteiger partial charge in [0.2, 0.25) is 0 Å². The fraction of sp³-hybridized carbons (Fsp3) is 0.571. The fourth-order valence-corrected chi connectivity index (χ4v) is 1.66. The zero-order valence-electron chi connectivity index (χ0n) is 7.44. The molecular weight excluding hydrogens is 195 g/mol. The van der Waals surface area contributed by atoms with Gasteiger partial charge in [-0.05, 0) is 13.8 Å². The Bertz CT molecular complexity index is 383. The van der Waals surface area contributed by atoms with Crippen LogP contribution in [-0.4, -0.2) is 18.0 Å². The zero-order chi connectivity index (χ0) is 10.1. The quantitative estimate of drug-likeness (QED) is 0.700. The monoisotopic (exact) mass is 206 g/mol. The molecule has 1 heterocycles. The van der Waals surface area contributed by atoms with Crippen LogP contribution in [0.15, 0.2) is 12.5 Å². The van der Waals surface area contributed by atoms with E-state index in [2.05, 4.69) is 4.98 Å². The van der Waals surface area contributed by atoms with E-state index >= 15 is 0 Å². The van der Waals surface area contributed by atoms with E-state index in [1.165, 1.54) is 12.5 Å². The van der Waals surface area contributed by atoms with Crippen molar-refractivity contribution in [2.75, 3.05) is 0 Å². The van der Waals surface area contributed by atoms with Crippen molar-refractivity contribution < 1.29 is 12.3 Å². The molecule has 1 aromatic rings. The van der Waals surface area contributed by atoms with E-state index in [9.17, 15) is 12.3 Å². The first-order valence-electron chi connectivity index (χ1n) is 3.83. The van der Waals surface area contributed by atoms with E-state index in [0.717, 1.165) is 0 Å². The minimum Gasteiger partial charge on any atom is -0.331 e. The molecular formula is C7H11FN2O2S. The molecule has 0 unspecified atom stereocenters. The minimum atomic E-state index is -4.46. The number of aromatic nitrogens is 2. The number of imidazole rings is 1. The van der Waals surface area contributed by atoms with E-state index in [-0.39, 0.29) is 6.04 Å². The van der Waals surface area contributed by atoms with Gasteiger partial charge in [-0.3, -0.25) is 0 Å². The molecule has 0 aliphatic carbocycles. The summed E-state index contributed by atoms with van der Waals surface area (Å²) < 4.78 is 34.7. The van der Waals surface area contributed by atoms with Crippen LogP contribution in [-0.2, 0) is 16.0 Å². The van der Waals surface area contributed by atoms with Crippen molar-refractivity contribution in [3.05, 3.63) is 18.2 Å². The minimum absolute atomic E-state index is 0.0826. The lowest BCUT2D eigenvalue weighted by atomic mass is 10.4. The van der Waals surface area contributed by atoms with Crippen LogP contribution in [0.2, 0.25) is 0 Å². The molecule has 6 heteroatoms. The van der Waals surface area contributed by atoms with E-state index in [1.54, 1.807) is 4.57 Å². The molecule has 0 atom stereocenters. The topological polar surface area (TPSA) is 52.0 Å². The van der Waals surface area contributed by atoms with Crippen molar-refractivity contribution in [2.24, 2.45) is 0 Å². The molecule has 0 aromatic carbocycles. The highest BCUT2D eigenvalue weighted by molar-refractivity contribution is 7.85. The number of hydrogen-bond acceptors (Lipinski definition) is 3. The second-order valence-corrected chi connectivity index (χ2v) is 4.44. The van der Waals surface area contributed by atoms with E-state index < -0.39 is 16.0 Å². The summed E-state index contributed by atoms with van der Waals surface area (Å²) in [6, 6.07) is 0.0826. The van der Waals surface area contributed by atoms with Crippen molar-refractivity contribution in [1.29, 1.82) is 0 Å². The van der Waals surface area contributed by atoms with Crippen LogP contribution in [0, 0.1) is 0 Å². The largest absolute Gasteiger partial charge is 0.331 e. The third-order valence-corrected chi connectivity index (χ3v) is 2.26. The van der Waals surface area contributed by atoms with Crippen LogP contribution in [0.5, 0.6) is 0 Å². The summed E-state index contributed by atoms with van der Waals surface area (Å²) in [6.45, 7) is 3.74. The number of rotatable bonds is 3. The first-order chi connectivity index (χ1) is 5.90. The molecule has 0 saturated carbocycles. The Kier molecular flexibility index (Phi) is 2.70.